The SMILES string of the molecule is CCCCCC/C=C/[C@@H](OC(=O)c1ccccc1)[C@H](CO[C@@H]1O[C@H](COC(C)=O)[C@H](OC(C)=O)[C@H](OC(C)=O)[C@H]1OC(C)=O)N=[N+]=[N-]. The molecule has 7 atom stereocenters. The number of nitrogens with zero attached hydrogens (tertiary/aromatic N) is 3. The van der Waals surface area contributed by atoms with Crippen molar-refractivity contribution in [2.75, 3.05) is 13.2 Å². The van der Waals surface area contributed by atoms with Gasteiger partial charge in [-0.1, -0.05) is 55.6 Å². The molecule has 1 heterocycles. The summed E-state index contributed by atoms with van der Waals surface area (Å²) in [4.78, 5) is 63.8. The molecule has 47 heavy (non-hydrogen) atoms. The number of ether oxygens (including phenoxy) is 7. The number of benzene rings is 1. The van der Waals surface area contributed by atoms with Gasteiger partial charge in [0.15, 0.2) is 24.6 Å². The Morgan fingerprint density at radius 3 is 2.13 bits per heavy atom. The van der Waals surface area contributed by atoms with Crippen molar-refractivity contribution in [2.24, 2.45) is 5.11 Å². The summed E-state index contributed by atoms with van der Waals surface area (Å²) in [5.74, 6) is -3.74. The number of carbonyl (C=O) groups excluding carboxylic acids is 5. The van der Waals surface area contributed by atoms with E-state index in [0.717, 1.165) is 53.4 Å². The van der Waals surface area contributed by atoms with Crippen LogP contribution in [0.4, 0.5) is 0 Å². The molecule has 15 nitrogen and oxygen atoms in total. The largest absolute Gasteiger partial charge is 0.463 e. The highest BCUT2D eigenvalue weighted by atomic mass is 16.7. The van der Waals surface area contributed by atoms with Gasteiger partial charge < -0.3 is 33.2 Å². The van der Waals surface area contributed by atoms with Gasteiger partial charge in [0.2, 0.25) is 0 Å². The highest BCUT2D eigenvalue weighted by Gasteiger charge is 2.53. The molecule has 1 aliphatic heterocycles. The lowest BCUT2D eigenvalue weighted by Gasteiger charge is -2.44. The lowest BCUT2D eigenvalue weighted by atomic mass is 9.98. The maximum Gasteiger partial charge on any atom is 0.338 e. The van der Waals surface area contributed by atoms with E-state index >= 15 is 0 Å². The van der Waals surface area contributed by atoms with Gasteiger partial charge in [0.05, 0.1) is 12.2 Å². The Balaban J connectivity index is 2.43. The maximum atomic E-state index is 13.0. The Labute approximate surface area is 273 Å². The Kier molecular flexibility index (Phi) is 17.0. The van der Waals surface area contributed by atoms with Gasteiger partial charge in [0, 0.05) is 32.6 Å². The monoisotopic (exact) mass is 661 g/mol. The van der Waals surface area contributed by atoms with Crippen molar-refractivity contribution in [1.82, 2.24) is 0 Å². The lowest BCUT2D eigenvalue weighted by molar-refractivity contribution is -0.309. The molecule has 258 valence electrons. The molecule has 2 rings (SSSR count). The average molecular weight is 662 g/mol. The van der Waals surface area contributed by atoms with E-state index in [1.54, 1.807) is 36.4 Å². The van der Waals surface area contributed by atoms with Crippen LogP contribution in [0.25, 0.3) is 10.4 Å². The molecule has 1 aromatic carbocycles. The molecule has 1 fully saturated rings. The molecule has 0 amide bonds. The first-order valence-corrected chi connectivity index (χ1v) is 15.4. The van der Waals surface area contributed by atoms with Crippen LogP contribution in [0.3, 0.4) is 0 Å². The normalized spacial score (nSPS) is 21.9. The zero-order valence-electron chi connectivity index (χ0n) is 27.3. The van der Waals surface area contributed by atoms with Crippen molar-refractivity contribution in [2.45, 2.75) is 110 Å². The van der Waals surface area contributed by atoms with Gasteiger partial charge in [-0.05, 0) is 36.6 Å². The zero-order chi connectivity index (χ0) is 34.8. The van der Waals surface area contributed by atoms with Crippen LogP contribution >= 0.6 is 0 Å². The van der Waals surface area contributed by atoms with Crippen molar-refractivity contribution in [1.29, 1.82) is 0 Å². The van der Waals surface area contributed by atoms with Crippen molar-refractivity contribution in [3.63, 3.8) is 0 Å². The molecule has 0 N–H and O–H groups in total. The Morgan fingerprint density at radius 1 is 0.894 bits per heavy atom. The molecule has 1 saturated heterocycles. The molecule has 1 aromatic rings. The summed E-state index contributed by atoms with van der Waals surface area (Å²) in [6.07, 6.45) is 0.0249. The molecule has 0 spiro atoms. The van der Waals surface area contributed by atoms with Crippen LogP contribution in [-0.2, 0) is 52.3 Å². The summed E-state index contributed by atoms with van der Waals surface area (Å²) in [5, 5.41) is 3.81. The molecular formula is C32H43N3O12. The van der Waals surface area contributed by atoms with E-state index in [1.165, 1.54) is 0 Å². The molecule has 15 heteroatoms. The fourth-order valence-corrected chi connectivity index (χ4v) is 4.71. The molecule has 1 aliphatic rings. The number of hydrogen-bond acceptors (Lipinski definition) is 13. The third kappa shape index (κ3) is 13.8. The summed E-state index contributed by atoms with van der Waals surface area (Å²) < 4.78 is 39.0. The van der Waals surface area contributed by atoms with Gasteiger partial charge in [-0.15, -0.1) is 0 Å². The molecule has 0 aromatic heterocycles. The Morgan fingerprint density at radius 2 is 1.53 bits per heavy atom. The summed E-state index contributed by atoms with van der Waals surface area (Å²) >= 11 is 0. The molecule has 0 saturated carbocycles. The molecular weight excluding hydrogens is 618 g/mol. The topological polar surface area (TPSA) is 199 Å². The van der Waals surface area contributed by atoms with Gasteiger partial charge in [0.25, 0.3) is 0 Å². The smallest absolute Gasteiger partial charge is 0.338 e. The second-order valence-corrected chi connectivity index (χ2v) is 10.7. The minimum atomic E-state index is -1.52. The van der Waals surface area contributed by atoms with E-state index in [4.69, 9.17) is 33.2 Å². The first kappa shape index (κ1) is 38.7. The Hall–Kier alpha value is -4.46. The molecule has 0 aliphatic carbocycles. The number of unbranched alkanes of at least 4 members (excludes halogenated alkanes) is 4. The number of carbonyl (C=O) groups is 5. The fraction of sp³-hybridized carbons (Fsp3) is 0.594. The minimum absolute atomic E-state index is 0.272. The van der Waals surface area contributed by atoms with E-state index in [9.17, 15) is 29.5 Å². The van der Waals surface area contributed by atoms with E-state index in [0.29, 0.717) is 6.42 Å². The number of allylic oxidation sites excluding steroid dienone is 1. The summed E-state index contributed by atoms with van der Waals surface area (Å²) in [6.45, 7) is 5.67. The second-order valence-electron chi connectivity index (χ2n) is 10.7. The van der Waals surface area contributed by atoms with Gasteiger partial charge in [-0.25, -0.2) is 4.79 Å². The van der Waals surface area contributed by atoms with Crippen LogP contribution in [0.5, 0.6) is 0 Å². The maximum absolute atomic E-state index is 13.0. The molecule has 0 bridgehead atoms. The Bertz CT molecular complexity index is 1270. The van der Waals surface area contributed by atoms with Gasteiger partial charge >= 0.3 is 29.8 Å². The standard InChI is InChI=1S/C32H43N3O12/c1-6-7-8-9-10-14-17-26(46-31(40)24-15-12-11-13-16-24)25(34-35-33)18-42-32-30(45-23(5)39)29(44-22(4)38)28(43-21(3)37)27(47-32)19-41-20(2)36/h11-17,25-30,32H,6-10,18-19H2,1-5H3/b17-14+/t25-,26+,27+,28-,29-,30+,32+/m0/s1. The van der Waals surface area contributed by atoms with Crippen LogP contribution in [0.2, 0.25) is 0 Å². The number of azide groups is 1. The fourth-order valence-electron chi connectivity index (χ4n) is 4.71. The highest BCUT2D eigenvalue weighted by Crippen LogP contribution is 2.30. The second kappa shape index (κ2) is 20.6. The summed E-state index contributed by atoms with van der Waals surface area (Å²) in [5.41, 5.74) is 9.69. The van der Waals surface area contributed by atoms with Crippen LogP contribution in [0.15, 0.2) is 47.6 Å². The van der Waals surface area contributed by atoms with Crippen LogP contribution < -0.4 is 0 Å². The third-order valence-corrected chi connectivity index (χ3v) is 6.76. The highest BCUT2D eigenvalue weighted by molar-refractivity contribution is 5.89. The average Bonchev–Trinajstić information content (AvgIpc) is 3.01. The predicted molar refractivity (Wildman–Crippen MR) is 164 cm³/mol. The number of hydrogen-bond donors (Lipinski definition) is 0. The van der Waals surface area contributed by atoms with E-state index in [2.05, 4.69) is 16.9 Å². The van der Waals surface area contributed by atoms with Gasteiger partial charge in [-0.3, -0.25) is 19.2 Å². The van der Waals surface area contributed by atoms with Crippen molar-refractivity contribution in [3.8, 4) is 0 Å². The number of rotatable bonds is 18. The molecule has 0 radical (unpaired) electrons. The van der Waals surface area contributed by atoms with E-state index in [1.807, 2.05) is 6.08 Å². The van der Waals surface area contributed by atoms with Gasteiger partial charge in [-0.2, -0.15) is 0 Å². The third-order valence-electron chi connectivity index (χ3n) is 6.76. The zero-order valence-corrected chi connectivity index (χ0v) is 27.3. The van der Waals surface area contributed by atoms with Crippen molar-refractivity contribution < 1.29 is 57.1 Å². The predicted octanol–water partition coefficient (Wildman–Crippen LogP) is 4.52. The van der Waals surface area contributed by atoms with Crippen LogP contribution in [-0.4, -0.2) is 85.9 Å². The van der Waals surface area contributed by atoms with Crippen LogP contribution in [0, 0.1) is 0 Å². The van der Waals surface area contributed by atoms with E-state index < -0.39 is 85.9 Å². The van der Waals surface area contributed by atoms with Crippen molar-refractivity contribution in [3.05, 3.63) is 58.5 Å². The number of esters is 5. The van der Waals surface area contributed by atoms with Gasteiger partial charge in [0.1, 0.15) is 24.9 Å². The summed E-state index contributed by atoms with van der Waals surface area (Å²) in [6, 6.07) is 7.09. The molecule has 0 unspecified atom stereocenters. The van der Waals surface area contributed by atoms with Crippen LogP contribution in [0.1, 0.15) is 77.1 Å². The quantitative estimate of drug-likeness (QED) is 0.0406. The summed E-state index contributed by atoms with van der Waals surface area (Å²) in [7, 11) is 0. The van der Waals surface area contributed by atoms with E-state index in [-0.39, 0.29) is 5.56 Å². The first-order valence-electron chi connectivity index (χ1n) is 15.4. The first-order chi connectivity index (χ1) is 22.5. The van der Waals surface area contributed by atoms with Crippen molar-refractivity contribution >= 4 is 29.8 Å². The minimum Gasteiger partial charge on any atom is -0.463 e. The lowest BCUT2D eigenvalue weighted by Crippen LogP contribution is -2.63.